The third kappa shape index (κ3) is 2.96. The molecule has 2 rings (SSSR count). The number of nitrogens with zero attached hydrogens (tertiary/aromatic N) is 2. The zero-order valence-electron chi connectivity index (χ0n) is 12.1. The SMILES string of the molecule is CCOC(C(=O)c1ccnn1-c1ccccc1)C(C)C. The van der Waals surface area contributed by atoms with Crippen LogP contribution in [-0.4, -0.2) is 28.3 Å². The van der Waals surface area contributed by atoms with E-state index in [9.17, 15) is 4.79 Å². The summed E-state index contributed by atoms with van der Waals surface area (Å²) in [7, 11) is 0. The first kappa shape index (κ1) is 14.5. The molecular formula is C16H20N2O2. The van der Waals surface area contributed by atoms with Gasteiger partial charge in [-0.25, -0.2) is 4.68 Å². The number of carbonyl (C=O) groups excluding carboxylic acids is 1. The second kappa shape index (κ2) is 6.48. The van der Waals surface area contributed by atoms with Crippen molar-refractivity contribution in [3.63, 3.8) is 0 Å². The molecule has 4 nitrogen and oxygen atoms in total. The van der Waals surface area contributed by atoms with Crippen LogP contribution in [0.1, 0.15) is 31.3 Å². The Balaban J connectivity index is 2.34. The molecule has 1 unspecified atom stereocenters. The van der Waals surface area contributed by atoms with Gasteiger partial charge in [-0.05, 0) is 31.0 Å². The predicted octanol–water partition coefficient (Wildman–Crippen LogP) is 3.12. The van der Waals surface area contributed by atoms with Gasteiger partial charge in [0.1, 0.15) is 11.8 Å². The lowest BCUT2D eigenvalue weighted by Gasteiger charge is -2.19. The number of benzene rings is 1. The highest BCUT2D eigenvalue weighted by Crippen LogP contribution is 2.17. The third-order valence-corrected chi connectivity index (χ3v) is 3.11. The number of ketones is 1. The van der Waals surface area contributed by atoms with Crippen molar-refractivity contribution in [2.45, 2.75) is 26.9 Å². The first-order valence-corrected chi connectivity index (χ1v) is 6.90. The monoisotopic (exact) mass is 272 g/mol. The number of ether oxygens (including phenoxy) is 1. The highest BCUT2D eigenvalue weighted by atomic mass is 16.5. The largest absolute Gasteiger partial charge is 0.370 e. The van der Waals surface area contributed by atoms with E-state index in [2.05, 4.69) is 5.10 Å². The van der Waals surface area contributed by atoms with Crippen molar-refractivity contribution in [2.75, 3.05) is 6.61 Å². The molecule has 0 spiro atoms. The molecule has 0 N–H and O–H groups in total. The van der Waals surface area contributed by atoms with Crippen molar-refractivity contribution < 1.29 is 9.53 Å². The Morgan fingerprint density at radius 1 is 1.25 bits per heavy atom. The number of hydrogen-bond donors (Lipinski definition) is 0. The summed E-state index contributed by atoms with van der Waals surface area (Å²) >= 11 is 0. The van der Waals surface area contributed by atoms with Crippen LogP contribution in [0.25, 0.3) is 5.69 Å². The van der Waals surface area contributed by atoms with Crippen LogP contribution in [0.15, 0.2) is 42.6 Å². The average Bonchev–Trinajstić information content (AvgIpc) is 2.94. The lowest BCUT2D eigenvalue weighted by molar-refractivity contribution is 0.0273. The molecule has 20 heavy (non-hydrogen) atoms. The summed E-state index contributed by atoms with van der Waals surface area (Å²) in [5.74, 6) is 0.102. The number of rotatable bonds is 6. The van der Waals surface area contributed by atoms with E-state index < -0.39 is 6.10 Å². The second-order valence-corrected chi connectivity index (χ2v) is 4.95. The van der Waals surface area contributed by atoms with Gasteiger partial charge in [0.15, 0.2) is 0 Å². The van der Waals surface area contributed by atoms with Crippen LogP contribution < -0.4 is 0 Å². The van der Waals surface area contributed by atoms with Gasteiger partial charge in [0.25, 0.3) is 0 Å². The maximum absolute atomic E-state index is 12.6. The van der Waals surface area contributed by atoms with E-state index in [-0.39, 0.29) is 11.7 Å². The van der Waals surface area contributed by atoms with Crippen LogP contribution in [0.4, 0.5) is 0 Å². The molecule has 0 bridgehead atoms. The molecule has 0 aliphatic heterocycles. The van der Waals surface area contributed by atoms with Gasteiger partial charge in [-0.3, -0.25) is 4.79 Å². The quantitative estimate of drug-likeness (QED) is 0.759. The van der Waals surface area contributed by atoms with Crippen LogP contribution in [0.3, 0.4) is 0 Å². The van der Waals surface area contributed by atoms with Crippen molar-refractivity contribution in [3.8, 4) is 5.69 Å². The molecule has 4 heteroatoms. The topological polar surface area (TPSA) is 44.1 Å². The van der Waals surface area contributed by atoms with Crippen molar-refractivity contribution in [1.82, 2.24) is 9.78 Å². The van der Waals surface area contributed by atoms with Crippen molar-refractivity contribution in [3.05, 3.63) is 48.3 Å². The van der Waals surface area contributed by atoms with Crippen molar-refractivity contribution in [2.24, 2.45) is 5.92 Å². The second-order valence-electron chi connectivity index (χ2n) is 4.95. The van der Waals surface area contributed by atoms with E-state index >= 15 is 0 Å². The first-order valence-electron chi connectivity index (χ1n) is 6.90. The van der Waals surface area contributed by atoms with Crippen LogP contribution >= 0.6 is 0 Å². The van der Waals surface area contributed by atoms with Gasteiger partial charge in [0.05, 0.1) is 11.9 Å². The number of carbonyl (C=O) groups is 1. The molecule has 0 fully saturated rings. The zero-order valence-corrected chi connectivity index (χ0v) is 12.1. The molecule has 0 saturated carbocycles. The fourth-order valence-electron chi connectivity index (χ4n) is 2.16. The number of para-hydroxylation sites is 1. The molecule has 1 aromatic heterocycles. The smallest absolute Gasteiger partial charge is 0.210 e. The van der Waals surface area contributed by atoms with E-state index in [1.807, 2.05) is 51.1 Å². The van der Waals surface area contributed by atoms with E-state index in [4.69, 9.17) is 4.74 Å². The minimum absolute atomic E-state index is 0.0248. The van der Waals surface area contributed by atoms with E-state index in [1.54, 1.807) is 16.9 Å². The third-order valence-electron chi connectivity index (χ3n) is 3.11. The summed E-state index contributed by atoms with van der Waals surface area (Å²) < 4.78 is 7.25. The molecule has 1 atom stereocenters. The lowest BCUT2D eigenvalue weighted by atomic mass is 10.0. The molecular weight excluding hydrogens is 252 g/mol. The number of aromatic nitrogens is 2. The molecule has 2 aromatic rings. The summed E-state index contributed by atoms with van der Waals surface area (Å²) in [5.41, 5.74) is 1.43. The zero-order chi connectivity index (χ0) is 14.5. The van der Waals surface area contributed by atoms with E-state index in [1.165, 1.54) is 0 Å². The lowest BCUT2D eigenvalue weighted by Crippen LogP contribution is -2.31. The van der Waals surface area contributed by atoms with Gasteiger partial charge in [-0.15, -0.1) is 0 Å². The van der Waals surface area contributed by atoms with Crippen LogP contribution in [0.5, 0.6) is 0 Å². The average molecular weight is 272 g/mol. The molecule has 106 valence electrons. The molecule has 0 aliphatic carbocycles. The highest BCUT2D eigenvalue weighted by Gasteiger charge is 2.26. The fourth-order valence-corrected chi connectivity index (χ4v) is 2.16. The maximum Gasteiger partial charge on any atom is 0.210 e. The van der Waals surface area contributed by atoms with E-state index in [0.29, 0.717) is 12.3 Å². The standard InChI is InChI=1S/C16H20N2O2/c1-4-20-16(12(2)3)15(19)14-10-11-17-18(14)13-8-6-5-7-9-13/h5-12,16H,4H2,1-3H3. The Kier molecular flexibility index (Phi) is 4.69. The van der Waals surface area contributed by atoms with Crippen LogP contribution in [0.2, 0.25) is 0 Å². The summed E-state index contributed by atoms with van der Waals surface area (Å²) in [6, 6.07) is 11.4. The molecule has 1 aromatic carbocycles. The summed E-state index contributed by atoms with van der Waals surface area (Å²) in [5, 5.41) is 4.25. The van der Waals surface area contributed by atoms with Gasteiger partial charge < -0.3 is 4.74 Å². The number of Topliss-reactive ketones (excluding diaryl/α,β-unsaturated/α-hetero) is 1. The minimum atomic E-state index is -0.431. The predicted molar refractivity (Wildman–Crippen MR) is 78.1 cm³/mol. The minimum Gasteiger partial charge on any atom is -0.370 e. The Labute approximate surface area is 119 Å². The van der Waals surface area contributed by atoms with Gasteiger partial charge in [0.2, 0.25) is 5.78 Å². The first-order chi connectivity index (χ1) is 9.65. The fraction of sp³-hybridized carbons (Fsp3) is 0.375. The van der Waals surface area contributed by atoms with Crippen LogP contribution in [-0.2, 0) is 4.74 Å². The van der Waals surface area contributed by atoms with Crippen LogP contribution in [0, 0.1) is 5.92 Å². The van der Waals surface area contributed by atoms with E-state index in [0.717, 1.165) is 5.69 Å². The molecule has 0 radical (unpaired) electrons. The summed E-state index contributed by atoms with van der Waals surface area (Å²) in [4.78, 5) is 12.6. The van der Waals surface area contributed by atoms with Gasteiger partial charge in [0, 0.05) is 6.61 Å². The Morgan fingerprint density at radius 2 is 1.95 bits per heavy atom. The molecule has 1 heterocycles. The Morgan fingerprint density at radius 3 is 2.55 bits per heavy atom. The normalized spacial score (nSPS) is 12.6. The maximum atomic E-state index is 12.6. The molecule has 0 saturated heterocycles. The highest BCUT2D eigenvalue weighted by molar-refractivity contribution is 5.98. The molecule has 0 aliphatic rings. The summed E-state index contributed by atoms with van der Waals surface area (Å²) in [6.07, 6.45) is 1.21. The van der Waals surface area contributed by atoms with Gasteiger partial charge in [-0.1, -0.05) is 32.0 Å². The van der Waals surface area contributed by atoms with Crippen molar-refractivity contribution in [1.29, 1.82) is 0 Å². The molecule has 0 amide bonds. The number of hydrogen-bond acceptors (Lipinski definition) is 3. The Hall–Kier alpha value is -1.94. The Bertz CT molecular complexity index is 561. The summed E-state index contributed by atoms with van der Waals surface area (Å²) in [6.45, 7) is 6.40. The van der Waals surface area contributed by atoms with Gasteiger partial charge >= 0.3 is 0 Å². The van der Waals surface area contributed by atoms with Crippen molar-refractivity contribution >= 4 is 5.78 Å². The van der Waals surface area contributed by atoms with Gasteiger partial charge in [-0.2, -0.15) is 5.10 Å².